The molecule has 0 spiro atoms. The fraction of sp³-hybridized carbons (Fsp3) is 0.588. The number of phenolic OH excluding ortho intramolecular Hbond substituents is 1. The van der Waals surface area contributed by atoms with E-state index >= 15 is 0 Å². The van der Waals surface area contributed by atoms with Crippen LogP contribution >= 0.6 is 0 Å². The summed E-state index contributed by atoms with van der Waals surface area (Å²) < 4.78 is 0. The molecule has 1 saturated heterocycles. The first-order valence-electron chi connectivity index (χ1n) is 7.80. The van der Waals surface area contributed by atoms with Gasteiger partial charge in [-0.25, -0.2) is 0 Å². The normalized spacial score (nSPS) is 18.8. The van der Waals surface area contributed by atoms with Crippen LogP contribution in [0.5, 0.6) is 5.75 Å². The number of phenols is 1. The lowest BCUT2D eigenvalue weighted by Crippen LogP contribution is -2.44. The number of piperidine rings is 1. The summed E-state index contributed by atoms with van der Waals surface area (Å²) in [5.41, 5.74) is 1.36. The lowest BCUT2D eigenvalue weighted by Gasteiger charge is -2.33. The largest absolute Gasteiger partial charge is 0.508 e. The Kier molecular flexibility index (Phi) is 5.23. The highest BCUT2D eigenvalue weighted by Gasteiger charge is 2.24. The summed E-state index contributed by atoms with van der Waals surface area (Å²) >= 11 is 0. The van der Waals surface area contributed by atoms with Gasteiger partial charge in [-0.3, -0.25) is 4.79 Å². The fourth-order valence-corrected chi connectivity index (χ4v) is 2.79. The van der Waals surface area contributed by atoms with Crippen molar-refractivity contribution in [3.8, 4) is 5.75 Å². The standard InChI is InChI=1S/C17H26N2O2/c1-12(2)19(11-14-5-4-8-18-10-14)17(21)15-7-6-13(3)16(20)9-15/h6-7,9,12,14,18,20H,4-5,8,10-11H2,1-3H3. The number of nitrogens with one attached hydrogen (secondary N) is 1. The minimum atomic E-state index is 0.00544. The Hall–Kier alpha value is -1.55. The van der Waals surface area contributed by atoms with Gasteiger partial charge in [-0.2, -0.15) is 0 Å². The van der Waals surface area contributed by atoms with Crippen LogP contribution in [0.1, 0.15) is 42.6 Å². The number of nitrogens with zero attached hydrogens (tertiary/aromatic N) is 1. The smallest absolute Gasteiger partial charge is 0.254 e. The minimum absolute atomic E-state index is 0.00544. The van der Waals surface area contributed by atoms with Crippen molar-refractivity contribution in [1.82, 2.24) is 10.2 Å². The summed E-state index contributed by atoms with van der Waals surface area (Å²) in [6, 6.07) is 5.32. The molecule has 2 N–H and O–H groups in total. The molecule has 21 heavy (non-hydrogen) atoms. The van der Waals surface area contributed by atoms with E-state index in [-0.39, 0.29) is 17.7 Å². The van der Waals surface area contributed by atoms with E-state index in [1.807, 2.05) is 25.7 Å². The molecule has 1 heterocycles. The van der Waals surface area contributed by atoms with Gasteiger partial charge >= 0.3 is 0 Å². The van der Waals surface area contributed by atoms with Crippen LogP contribution in [-0.2, 0) is 0 Å². The molecule has 116 valence electrons. The van der Waals surface area contributed by atoms with E-state index in [1.165, 1.54) is 12.8 Å². The Morgan fingerprint density at radius 1 is 1.48 bits per heavy atom. The van der Waals surface area contributed by atoms with Crippen molar-refractivity contribution in [2.45, 2.75) is 39.7 Å². The zero-order chi connectivity index (χ0) is 15.4. The van der Waals surface area contributed by atoms with Gasteiger partial charge < -0.3 is 15.3 Å². The van der Waals surface area contributed by atoms with Crippen molar-refractivity contribution in [3.05, 3.63) is 29.3 Å². The Labute approximate surface area is 127 Å². The second-order valence-electron chi connectivity index (χ2n) is 6.26. The lowest BCUT2D eigenvalue weighted by atomic mass is 9.98. The number of carbonyl (C=O) groups excluding carboxylic acids is 1. The van der Waals surface area contributed by atoms with Gasteiger partial charge in [0.25, 0.3) is 5.91 Å². The first-order chi connectivity index (χ1) is 9.99. The van der Waals surface area contributed by atoms with Gasteiger partial charge in [0.05, 0.1) is 0 Å². The predicted molar refractivity (Wildman–Crippen MR) is 84.6 cm³/mol. The summed E-state index contributed by atoms with van der Waals surface area (Å²) in [6.45, 7) is 8.76. The third-order valence-corrected chi connectivity index (χ3v) is 4.19. The Morgan fingerprint density at radius 3 is 2.81 bits per heavy atom. The molecule has 1 fully saturated rings. The molecule has 0 saturated carbocycles. The van der Waals surface area contributed by atoms with Crippen molar-refractivity contribution in [2.75, 3.05) is 19.6 Å². The molecule has 4 nitrogen and oxygen atoms in total. The van der Waals surface area contributed by atoms with Gasteiger partial charge in [0, 0.05) is 18.2 Å². The number of carbonyl (C=O) groups is 1. The van der Waals surface area contributed by atoms with Gasteiger partial charge in [-0.05, 0) is 70.3 Å². The van der Waals surface area contributed by atoms with E-state index in [9.17, 15) is 9.90 Å². The Bertz CT molecular complexity index is 494. The molecule has 1 aromatic rings. The van der Waals surface area contributed by atoms with E-state index in [4.69, 9.17) is 0 Å². The summed E-state index contributed by atoms with van der Waals surface area (Å²) in [6.07, 6.45) is 2.35. The fourth-order valence-electron chi connectivity index (χ4n) is 2.79. The first-order valence-corrected chi connectivity index (χ1v) is 7.80. The van der Waals surface area contributed by atoms with Crippen LogP contribution in [0.4, 0.5) is 0 Å². The maximum Gasteiger partial charge on any atom is 0.254 e. The highest BCUT2D eigenvalue weighted by molar-refractivity contribution is 5.95. The summed E-state index contributed by atoms with van der Waals surface area (Å²) in [4.78, 5) is 14.6. The average Bonchev–Trinajstić information content (AvgIpc) is 2.47. The number of rotatable bonds is 4. The Morgan fingerprint density at radius 2 is 2.24 bits per heavy atom. The maximum atomic E-state index is 12.7. The second kappa shape index (κ2) is 6.94. The molecule has 1 aromatic carbocycles. The summed E-state index contributed by atoms with van der Waals surface area (Å²) in [7, 11) is 0. The topological polar surface area (TPSA) is 52.6 Å². The molecule has 0 aliphatic carbocycles. The van der Waals surface area contributed by atoms with Crippen LogP contribution in [0, 0.1) is 12.8 Å². The molecular formula is C17H26N2O2. The summed E-state index contributed by atoms with van der Waals surface area (Å²) in [5, 5.41) is 13.2. The quantitative estimate of drug-likeness (QED) is 0.896. The molecule has 0 bridgehead atoms. The Balaban J connectivity index is 2.12. The molecule has 1 unspecified atom stereocenters. The first kappa shape index (κ1) is 15.8. The van der Waals surface area contributed by atoms with E-state index in [0.717, 1.165) is 25.2 Å². The number of benzene rings is 1. The van der Waals surface area contributed by atoms with Crippen molar-refractivity contribution < 1.29 is 9.90 Å². The van der Waals surface area contributed by atoms with Crippen molar-refractivity contribution in [1.29, 1.82) is 0 Å². The molecule has 0 aromatic heterocycles. The molecular weight excluding hydrogens is 264 g/mol. The van der Waals surface area contributed by atoms with Crippen LogP contribution in [0.3, 0.4) is 0 Å². The van der Waals surface area contributed by atoms with E-state index in [0.29, 0.717) is 11.5 Å². The monoisotopic (exact) mass is 290 g/mol. The zero-order valence-electron chi connectivity index (χ0n) is 13.2. The third kappa shape index (κ3) is 3.97. The molecule has 1 atom stereocenters. The van der Waals surface area contributed by atoms with Crippen LogP contribution in [0.2, 0.25) is 0 Å². The maximum absolute atomic E-state index is 12.7. The van der Waals surface area contributed by atoms with Crippen LogP contribution in [0.15, 0.2) is 18.2 Å². The molecule has 4 heteroatoms. The van der Waals surface area contributed by atoms with E-state index in [2.05, 4.69) is 5.32 Å². The van der Waals surface area contributed by atoms with Gasteiger partial charge in [-0.1, -0.05) is 6.07 Å². The molecule has 1 aliphatic heterocycles. The van der Waals surface area contributed by atoms with Crippen molar-refractivity contribution >= 4 is 5.91 Å². The molecule has 0 radical (unpaired) electrons. The highest BCUT2D eigenvalue weighted by Crippen LogP contribution is 2.21. The lowest BCUT2D eigenvalue weighted by molar-refractivity contribution is 0.0660. The highest BCUT2D eigenvalue weighted by atomic mass is 16.3. The van der Waals surface area contributed by atoms with Crippen LogP contribution in [-0.4, -0.2) is 41.6 Å². The van der Waals surface area contributed by atoms with Gasteiger partial charge in [0.1, 0.15) is 5.75 Å². The van der Waals surface area contributed by atoms with Gasteiger partial charge in [-0.15, -0.1) is 0 Å². The number of aryl methyl sites for hydroxylation is 1. The van der Waals surface area contributed by atoms with E-state index in [1.54, 1.807) is 18.2 Å². The number of amides is 1. The van der Waals surface area contributed by atoms with Gasteiger partial charge in [0.2, 0.25) is 0 Å². The minimum Gasteiger partial charge on any atom is -0.508 e. The number of aromatic hydroxyl groups is 1. The molecule has 2 rings (SSSR count). The predicted octanol–water partition coefficient (Wildman–Crippen LogP) is 2.55. The molecule has 1 amide bonds. The van der Waals surface area contributed by atoms with E-state index < -0.39 is 0 Å². The third-order valence-electron chi connectivity index (χ3n) is 4.19. The zero-order valence-corrected chi connectivity index (χ0v) is 13.2. The van der Waals surface area contributed by atoms with Crippen LogP contribution < -0.4 is 5.32 Å². The molecule has 1 aliphatic rings. The summed E-state index contributed by atoms with van der Waals surface area (Å²) in [5.74, 6) is 0.707. The van der Waals surface area contributed by atoms with Gasteiger partial charge in [0.15, 0.2) is 0 Å². The SMILES string of the molecule is Cc1ccc(C(=O)N(CC2CCCNC2)C(C)C)cc1O. The number of hydrogen-bond donors (Lipinski definition) is 2. The van der Waals surface area contributed by atoms with Crippen LogP contribution in [0.25, 0.3) is 0 Å². The average molecular weight is 290 g/mol. The second-order valence-corrected chi connectivity index (χ2v) is 6.26. The van der Waals surface area contributed by atoms with Crippen molar-refractivity contribution in [3.63, 3.8) is 0 Å². The van der Waals surface area contributed by atoms with Crippen molar-refractivity contribution in [2.24, 2.45) is 5.92 Å². The number of hydrogen-bond acceptors (Lipinski definition) is 3.